The number of guanidine groups is 1. The van der Waals surface area contributed by atoms with E-state index >= 15 is 0 Å². The van der Waals surface area contributed by atoms with E-state index in [1.54, 1.807) is 0 Å². The maximum absolute atomic E-state index is 13.1. The zero-order chi connectivity index (χ0) is 19.4. The predicted molar refractivity (Wildman–Crippen MR) is 111 cm³/mol. The molecule has 2 aromatic rings. The Labute approximate surface area is 178 Å². The van der Waals surface area contributed by atoms with Crippen molar-refractivity contribution in [1.29, 1.82) is 0 Å². The van der Waals surface area contributed by atoms with Gasteiger partial charge in [-0.15, -0.1) is 24.0 Å². The summed E-state index contributed by atoms with van der Waals surface area (Å²) in [5.74, 6) is 1.26. The number of rotatable bonds is 4. The van der Waals surface area contributed by atoms with Crippen molar-refractivity contribution in [1.82, 2.24) is 20.4 Å². The largest absolute Gasteiger partial charge is 0.493 e. The minimum absolute atomic E-state index is 0. The summed E-state index contributed by atoms with van der Waals surface area (Å²) in [4.78, 5) is 4.34. The molecule has 2 heterocycles. The van der Waals surface area contributed by atoms with Gasteiger partial charge in [-0.25, -0.2) is 4.99 Å². The summed E-state index contributed by atoms with van der Waals surface area (Å²) in [6.45, 7) is 2.94. The van der Waals surface area contributed by atoms with Gasteiger partial charge in [-0.3, -0.25) is 4.68 Å². The fourth-order valence-corrected chi connectivity index (χ4v) is 3.03. The van der Waals surface area contributed by atoms with Gasteiger partial charge in [0, 0.05) is 37.3 Å². The van der Waals surface area contributed by atoms with Crippen LogP contribution in [0, 0.1) is 0 Å². The van der Waals surface area contributed by atoms with E-state index < -0.39 is 11.9 Å². The number of nitrogens with one attached hydrogen (secondary N) is 2. The van der Waals surface area contributed by atoms with Crippen molar-refractivity contribution in [2.24, 2.45) is 12.0 Å². The highest BCUT2D eigenvalue weighted by atomic mass is 127. The Hall–Kier alpha value is -1.98. The molecular weight excluding hydrogens is 486 g/mol. The maximum atomic E-state index is 13.1. The molecule has 1 aromatic carbocycles. The van der Waals surface area contributed by atoms with Gasteiger partial charge in [-0.05, 0) is 13.0 Å². The summed E-state index contributed by atoms with van der Waals surface area (Å²) < 4.78 is 46.1. The summed E-state index contributed by atoms with van der Waals surface area (Å²) in [6.07, 6.45) is -2.42. The number of nitrogens with zero attached hydrogens (tertiary/aromatic N) is 3. The van der Waals surface area contributed by atoms with Crippen LogP contribution in [-0.2, 0) is 19.8 Å². The number of halogens is 4. The molecule has 2 N–H and O–H groups in total. The highest BCUT2D eigenvalue weighted by Gasteiger charge is 2.36. The summed E-state index contributed by atoms with van der Waals surface area (Å²) in [5, 5.41) is 9.90. The first kappa shape index (κ1) is 22.3. The molecule has 0 amide bonds. The number of aryl methyl sites for hydroxylation is 1. The second-order valence-corrected chi connectivity index (χ2v) is 6.24. The molecule has 154 valence electrons. The smallest absolute Gasteiger partial charge is 0.435 e. The molecule has 0 aliphatic carbocycles. The SMILES string of the molecule is CCNC(=NCc1cn(C)nc1C(F)(F)F)NC1CCOc2ccccc21.I. The van der Waals surface area contributed by atoms with Gasteiger partial charge in [0.05, 0.1) is 19.2 Å². The Morgan fingerprint density at radius 1 is 1.36 bits per heavy atom. The number of ether oxygens (including phenoxy) is 1. The number of aliphatic imine (C=N–C) groups is 1. The first-order chi connectivity index (χ1) is 12.9. The molecule has 1 aliphatic rings. The van der Waals surface area contributed by atoms with Gasteiger partial charge in [0.1, 0.15) is 5.75 Å². The third kappa shape index (κ3) is 5.30. The van der Waals surface area contributed by atoms with E-state index in [4.69, 9.17) is 4.74 Å². The number of aromatic nitrogens is 2. The molecule has 28 heavy (non-hydrogen) atoms. The van der Waals surface area contributed by atoms with Crippen LogP contribution in [0.25, 0.3) is 0 Å². The fourth-order valence-electron chi connectivity index (χ4n) is 3.03. The molecule has 0 bridgehead atoms. The highest BCUT2D eigenvalue weighted by molar-refractivity contribution is 14.0. The van der Waals surface area contributed by atoms with Crippen molar-refractivity contribution < 1.29 is 17.9 Å². The third-order valence-electron chi connectivity index (χ3n) is 4.19. The van der Waals surface area contributed by atoms with E-state index in [1.165, 1.54) is 13.2 Å². The number of hydrogen-bond donors (Lipinski definition) is 2. The molecule has 0 saturated heterocycles. The number of benzene rings is 1. The van der Waals surface area contributed by atoms with Gasteiger partial charge >= 0.3 is 6.18 Å². The zero-order valence-electron chi connectivity index (χ0n) is 15.6. The van der Waals surface area contributed by atoms with Crippen molar-refractivity contribution in [3.05, 3.63) is 47.3 Å². The van der Waals surface area contributed by atoms with Crippen LogP contribution in [0.5, 0.6) is 5.75 Å². The van der Waals surface area contributed by atoms with Gasteiger partial charge < -0.3 is 15.4 Å². The van der Waals surface area contributed by atoms with Crippen LogP contribution in [0.1, 0.15) is 36.2 Å². The van der Waals surface area contributed by atoms with E-state index in [1.807, 2.05) is 31.2 Å². The van der Waals surface area contributed by atoms with Gasteiger partial charge in [0.15, 0.2) is 11.7 Å². The molecule has 1 unspecified atom stereocenters. The minimum atomic E-state index is -4.50. The van der Waals surface area contributed by atoms with Crippen molar-refractivity contribution in [3.8, 4) is 5.75 Å². The number of hydrogen-bond acceptors (Lipinski definition) is 3. The number of fused-ring (bicyclic) bond motifs is 1. The van der Waals surface area contributed by atoms with Crippen molar-refractivity contribution in [2.45, 2.75) is 32.1 Å². The molecule has 0 fully saturated rings. The standard InChI is InChI=1S/C18H22F3N5O.HI/c1-3-22-17(23-10-12-11-26(2)25-16(12)18(19,20)21)24-14-8-9-27-15-7-5-4-6-13(14)15;/h4-7,11,14H,3,8-10H2,1-2H3,(H2,22,23,24);1H. The molecule has 0 spiro atoms. The summed E-state index contributed by atoms with van der Waals surface area (Å²) in [7, 11) is 1.46. The Morgan fingerprint density at radius 3 is 2.82 bits per heavy atom. The van der Waals surface area contributed by atoms with Gasteiger partial charge in [-0.2, -0.15) is 18.3 Å². The van der Waals surface area contributed by atoms with E-state index in [2.05, 4.69) is 20.7 Å². The van der Waals surface area contributed by atoms with Crippen molar-refractivity contribution in [3.63, 3.8) is 0 Å². The second-order valence-electron chi connectivity index (χ2n) is 6.24. The van der Waals surface area contributed by atoms with Crippen LogP contribution in [0.15, 0.2) is 35.5 Å². The van der Waals surface area contributed by atoms with Crippen LogP contribution in [0.2, 0.25) is 0 Å². The Kier molecular flexibility index (Phi) is 7.55. The maximum Gasteiger partial charge on any atom is 0.435 e. The highest BCUT2D eigenvalue weighted by Crippen LogP contribution is 2.32. The van der Waals surface area contributed by atoms with E-state index in [-0.39, 0.29) is 42.1 Å². The normalized spacial score (nSPS) is 16.6. The monoisotopic (exact) mass is 509 g/mol. The average Bonchev–Trinajstić information content (AvgIpc) is 3.01. The van der Waals surface area contributed by atoms with Crippen LogP contribution in [-0.4, -0.2) is 28.9 Å². The average molecular weight is 509 g/mol. The summed E-state index contributed by atoms with van der Waals surface area (Å²) in [5.41, 5.74) is 0.141. The molecule has 6 nitrogen and oxygen atoms in total. The minimum Gasteiger partial charge on any atom is -0.493 e. The third-order valence-corrected chi connectivity index (χ3v) is 4.19. The molecule has 0 radical (unpaired) electrons. The van der Waals surface area contributed by atoms with E-state index in [9.17, 15) is 13.2 Å². The summed E-state index contributed by atoms with van der Waals surface area (Å²) >= 11 is 0. The lowest BCUT2D eigenvalue weighted by Crippen LogP contribution is -2.41. The molecule has 3 rings (SSSR count). The summed E-state index contributed by atoms with van der Waals surface area (Å²) in [6, 6.07) is 7.68. The number of alkyl halides is 3. The quantitative estimate of drug-likeness (QED) is 0.376. The first-order valence-corrected chi connectivity index (χ1v) is 8.74. The Balaban J connectivity index is 0.00000280. The van der Waals surface area contributed by atoms with Gasteiger partial charge in [0.2, 0.25) is 0 Å². The second kappa shape index (κ2) is 9.48. The molecule has 1 aromatic heterocycles. The van der Waals surface area contributed by atoms with E-state index in [0.29, 0.717) is 19.1 Å². The zero-order valence-corrected chi connectivity index (χ0v) is 17.9. The van der Waals surface area contributed by atoms with Gasteiger partial charge in [0.25, 0.3) is 0 Å². The predicted octanol–water partition coefficient (Wildman–Crippen LogP) is 3.64. The Bertz CT molecular complexity index is 822. The van der Waals surface area contributed by atoms with Crippen molar-refractivity contribution >= 4 is 29.9 Å². The molecule has 1 atom stereocenters. The molecule has 0 saturated carbocycles. The molecular formula is C18H23F3IN5O. The fraction of sp³-hybridized carbons (Fsp3) is 0.444. The molecule has 10 heteroatoms. The Morgan fingerprint density at radius 2 is 2.11 bits per heavy atom. The van der Waals surface area contributed by atoms with E-state index in [0.717, 1.165) is 22.4 Å². The van der Waals surface area contributed by atoms with Crippen LogP contribution < -0.4 is 15.4 Å². The van der Waals surface area contributed by atoms with Crippen LogP contribution in [0.4, 0.5) is 13.2 Å². The van der Waals surface area contributed by atoms with Crippen molar-refractivity contribution in [2.75, 3.05) is 13.2 Å². The lowest BCUT2D eigenvalue weighted by Gasteiger charge is -2.28. The van der Waals surface area contributed by atoms with Gasteiger partial charge in [-0.1, -0.05) is 18.2 Å². The number of para-hydroxylation sites is 1. The molecule has 1 aliphatic heterocycles. The lowest BCUT2D eigenvalue weighted by atomic mass is 10.0. The van der Waals surface area contributed by atoms with Crippen LogP contribution in [0.3, 0.4) is 0 Å². The van der Waals surface area contributed by atoms with Crippen LogP contribution >= 0.6 is 24.0 Å². The topological polar surface area (TPSA) is 63.5 Å². The first-order valence-electron chi connectivity index (χ1n) is 8.74. The lowest BCUT2D eigenvalue weighted by molar-refractivity contribution is -0.142.